The fraction of sp³-hybridized carbons (Fsp3) is 0.241. The number of rotatable bonds is 10. The number of aromatic nitrogens is 2. The van der Waals surface area contributed by atoms with Crippen LogP contribution in [0.5, 0.6) is 5.75 Å². The van der Waals surface area contributed by atoms with Gasteiger partial charge in [0.25, 0.3) is 11.5 Å². The van der Waals surface area contributed by atoms with E-state index in [1.165, 1.54) is 16.3 Å². The standard InChI is InChI=1S/C29H29N3O5S/c1-18-5-6-19(2)24(15-18)26(33)17-38-29-31-25-16-20(27(34)30-13-14-36-3)7-12-23(25)28(35)32(29)21-8-10-22(37-4)11-9-21/h5-12,15-16H,13-14,17H2,1-4H3,(H,30,34). The van der Waals surface area contributed by atoms with Crippen LogP contribution in [0.15, 0.2) is 70.6 Å². The smallest absolute Gasteiger partial charge is 0.266 e. The van der Waals surface area contributed by atoms with Crippen molar-refractivity contribution in [2.75, 3.05) is 33.1 Å². The first-order valence-corrected chi connectivity index (χ1v) is 13.0. The zero-order valence-electron chi connectivity index (χ0n) is 21.7. The number of thioether (sulfide) groups is 1. The van der Waals surface area contributed by atoms with E-state index < -0.39 is 0 Å². The summed E-state index contributed by atoms with van der Waals surface area (Å²) in [5, 5.41) is 3.48. The molecule has 0 bridgehead atoms. The highest BCUT2D eigenvalue weighted by atomic mass is 32.2. The molecule has 0 saturated heterocycles. The van der Waals surface area contributed by atoms with Gasteiger partial charge in [-0.1, -0.05) is 29.5 Å². The molecule has 0 unspecified atom stereocenters. The molecular formula is C29H29N3O5S. The summed E-state index contributed by atoms with van der Waals surface area (Å²) < 4.78 is 11.7. The Kier molecular flexibility index (Phi) is 8.60. The van der Waals surface area contributed by atoms with E-state index in [4.69, 9.17) is 14.5 Å². The van der Waals surface area contributed by atoms with E-state index in [1.54, 1.807) is 56.7 Å². The van der Waals surface area contributed by atoms with E-state index in [9.17, 15) is 14.4 Å². The van der Waals surface area contributed by atoms with E-state index in [0.29, 0.717) is 51.8 Å². The van der Waals surface area contributed by atoms with Gasteiger partial charge < -0.3 is 14.8 Å². The quantitative estimate of drug-likeness (QED) is 0.140. The van der Waals surface area contributed by atoms with Crippen LogP contribution in [0.4, 0.5) is 0 Å². The maximum Gasteiger partial charge on any atom is 0.266 e. The molecule has 3 aromatic carbocycles. The van der Waals surface area contributed by atoms with Gasteiger partial charge in [0.05, 0.1) is 36.1 Å². The Balaban J connectivity index is 1.76. The molecule has 9 heteroatoms. The molecule has 8 nitrogen and oxygen atoms in total. The number of aryl methyl sites for hydroxylation is 2. The van der Waals surface area contributed by atoms with Crippen molar-refractivity contribution in [1.82, 2.24) is 14.9 Å². The monoisotopic (exact) mass is 531 g/mol. The lowest BCUT2D eigenvalue weighted by Gasteiger charge is -2.14. The molecule has 0 aliphatic heterocycles. The Labute approximate surface area is 225 Å². The average molecular weight is 532 g/mol. The average Bonchev–Trinajstić information content (AvgIpc) is 2.93. The van der Waals surface area contributed by atoms with Gasteiger partial charge in [0, 0.05) is 24.8 Å². The second-order valence-corrected chi connectivity index (χ2v) is 9.69. The first-order chi connectivity index (χ1) is 18.3. The van der Waals surface area contributed by atoms with Gasteiger partial charge in [-0.15, -0.1) is 0 Å². The number of ether oxygens (including phenoxy) is 2. The number of Topliss-reactive ketones (excluding diaryl/α,β-unsaturated/α-hetero) is 1. The van der Waals surface area contributed by atoms with Gasteiger partial charge in [-0.2, -0.15) is 0 Å². The molecule has 38 heavy (non-hydrogen) atoms. The number of carbonyl (C=O) groups excluding carboxylic acids is 2. The van der Waals surface area contributed by atoms with Crippen molar-refractivity contribution in [2.45, 2.75) is 19.0 Å². The van der Waals surface area contributed by atoms with Crippen LogP contribution in [0.25, 0.3) is 16.6 Å². The first kappa shape index (κ1) is 27.1. The van der Waals surface area contributed by atoms with E-state index in [0.717, 1.165) is 11.1 Å². The van der Waals surface area contributed by atoms with Crippen molar-refractivity contribution >= 4 is 34.4 Å². The highest BCUT2D eigenvalue weighted by Crippen LogP contribution is 2.25. The van der Waals surface area contributed by atoms with E-state index >= 15 is 0 Å². The summed E-state index contributed by atoms with van der Waals surface area (Å²) in [4.78, 5) is 44.1. The van der Waals surface area contributed by atoms with Crippen LogP contribution in [-0.4, -0.2) is 54.4 Å². The van der Waals surface area contributed by atoms with E-state index in [1.807, 2.05) is 32.0 Å². The zero-order chi connectivity index (χ0) is 27.2. The normalized spacial score (nSPS) is 10.9. The Hall–Kier alpha value is -3.95. The molecule has 0 saturated carbocycles. The van der Waals surface area contributed by atoms with E-state index in [2.05, 4.69) is 5.32 Å². The topological polar surface area (TPSA) is 99.5 Å². The molecule has 0 aliphatic carbocycles. The molecule has 1 N–H and O–H groups in total. The lowest BCUT2D eigenvalue weighted by Crippen LogP contribution is -2.27. The third-order valence-electron chi connectivity index (χ3n) is 6.05. The molecule has 0 fully saturated rings. The zero-order valence-corrected chi connectivity index (χ0v) is 22.6. The summed E-state index contributed by atoms with van der Waals surface area (Å²) in [5.74, 6) is 0.400. The molecule has 1 aromatic heterocycles. The lowest BCUT2D eigenvalue weighted by molar-refractivity contribution is 0.0936. The van der Waals surface area contributed by atoms with Crippen LogP contribution < -0.4 is 15.6 Å². The maximum absolute atomic E-state index is 13.7. The number of nitrogens with zero attached hydrogens (tertiary/aromatic N) is 2. The van der Waals surface area contributed by atoms with Gasteiger partial charge >= 0.3 is 0 Å². The highest BCUT2D eigenvalue weighted by molar-refractivity contribution is 7.99. The molecule has 196 valence electrons. The number of ketones is 1. The Morgan fingerprint density at radius 2 is 1.76 bits per heavy atom. The largest absolute Gasteiger partial charge is 0.497 e. The van der Waals surface area contributed by atoms with Gasteiger partial charge in [0.15, 0.2) is 10.9 Å². The predicted octanol–water partition coefficient (Wildman–Crippen LogP) is 4.36. The summed E-state index contributed by atoms with van der Waals surface area (Å²) in [6.45, 7) is 4.59. The van der Waals surface area contributed by atoms with Crippen LogP contribution in [0.1, 0.15) is 31.8 Å². The number of fused-ring (bicyclic) bond motifs is 1. The van der Waals surface area contributed by atoms with Crippen LogP contribution in [0.3, 0.4) is 0 Å². The number of amides is 1. The summed E-state index contributed by atoms with van der Waals surface area (Å²) in [6.07, 6.45) is 0. The molecule has 1 amide bonds. The highest BCUT2D eigenvalue weighted by Gasteiger charge is 2.18. The Bertz CT molecular complexity index is 1550. The van der Waals surface area contributed by atoms with Gasteiger partial charge in [0.2, 0.25) is 0 Å². The molecule has 4 rings (SSSR count). The predicted molar refractivity (Wildman–Crippen MR) is 149 cm³/mol. The lowest BCUT2D eigenvalue weighted by atomic mass is 10.0. The van der Waals surface area contributed by atoms with Crippen molar-refractivity contribution in [3.8, 4) is 11.4 Å². The third-order valence-corrected chi connectivity index (χ3v) is 6.99. The van der Waals surface area contributed by atoms with Crippen LogP contribution in [-0.2, 0) is 4.74 Å². The second-order valence-electron chi connectivity index (χ2n) is 8.74. The van der Waals surface area contributed by atoms with Crippen molar-refractivity contribution in [2.24, 2.45) is 0 Å². The van der Waals surface area contributed by atoms with Gasteiger partial charge in [-0.25, -0.2) is 4.98 Å². The van der Waals surface area contributed by atoms with Crippen molar-refractivity contribution in [3.63, 3.8) is 0 Å². The minimum atomic E-state index is -0.298. The van der Waals surface area contributed by atoms with Crippen LogP contribution in [0.2, 0.25) is 0 Å². The summed E-state index contributed by atoms with van der Waals surface area (Å²) in [7, 11) is 3.13. The van der Waals surface area contributed by atoms with Crippen molar-refractivity contribution in [1.29, 1.82) is 0 Å². The fourth-order valence-corrected chi connectivity index (χ4v) is 4.87. The summed E-state index contributed by atoms with van der Waals surface area (Å²) in [6, 6.07) is 17.6. The maximum atomic E-state index is 13.7. The number of carbonyl (C=O) groups is 2. The Morgan fingerprint density at radius 3 is 2.47 bits per heavy atom. The van der Waals surface area contributed by atoms with E-state index in [-0.39, 0.29) is 23.0 Å². The first-order valence-electron chi connectivity index (χ1n) is 12.0. The molecule has 0 atom stereocenters. The van der Waals surface area contributed by atoms with Crippen LogP contribution in [0, 0.1) is 13.8 Å². The number of hydrogen-bond acceptors (Lipinski definition) is 7. The minimum Gasteiger partial charge on any atom is -0.497 e. The molecular weight excluding hydrogens is 502 g/mol. The van der Waals surface area contributed by atoms with Crippen molar-refractivity contribution in [3.05, 3.63) is 93.3 Å². The SMILES string of the molecule is COCCNC(=O)c1ccc2c(=O)n(-c3ccc(OC)cc3)c(SCC(=O)c3cc(C)ccc3C)nc2c1. The molecule has 0 spiro atoms. The number of nitrogens with one attached hydrogen (secondary N) is 1. The molecule has 0 aliphatic rings. The third kappa shape index (κ3) is 5.95. The van der Waals surface area contributed by atoms with Crippen molar-refractivity contribution < 1.29 is 19.1 Å². The summed E-state index contributed by atoms with van der Waals surface area (Å²) in [5.41, 5.74) is 3.59. The van der Waals surface area contributed by atoms with Gasteiger partial charge in [-0.3, -0.25) is 19.0 Å². The number of hydrogen-bond donors (Lipinski definition) is 1. The fourth-order valence-electron chi connectivity index (χ4n) is 3.98. The minimum absolute atomic E-state index is 0.0573. The van der Waals surface area contributed by atoms with Crippen LogP contribution >= 0.6 is 11.8 Å². The van der Waals surface area contributed by atoms with Gasteiger partial charge in [-0.05, 0) is 67.9 Å². The molecule has 1 heterocycles. The molecule has 4 aromatic rings. The van der Waals surface area contributed by atoms with Gasteiger partial charge in [0.1, 0.15) is 5.75 Å². The summed E-state index contributed by atoms with van der Waals surface area (Å²) >= 11 is 1.18. The number of methoxy groups -OCH3 is 2. The number of benzene rings is 3. The molecule has 0 radical (unpaired) electrons. The second kappa shape index (κ2) is 12.1. The Morgan fingerprint density at radius 1 is 1.00 bits per heavy atom.